The van der Waals surface area contributed by atoms with Gasteiger partial charge in [0.1, 0.15) is 0 Å². The zero-order valence-electron chi connectivity index (χ0n) is 3.53. The Morgan fingerprint density at radius 2 is 1.38 bits per heavy atom. The molecule has 0 rings (SSSR count). The molecule has 0 aliphatic carbocycles. The van der Waals surface area contributed by atoms with Gasteiger partial charge in [-0.15, -0.1) is 12.4 Å². The third-order valence-electron chi connectivity index (χ3n) is 0.175. The monoisotopic (exact) mass is 182 g/mol. The van der Waals surface area contributed by atoms with Gasteiger partial charge in [0.25, 0.3) is 0 Å². The predicted molar refractivity (Wildman–Crippen MR) is 30.8 cm³/mol. The molecular formula is H5ClO5P2. The van der Waals surface area contributed by atoms with Gasteiger partial charge in [0.15, 0.2) is 0 Å². The van der Waals surface area contributed by atoms with Crippen molar-refractivity contribution in [2.75, 3.05) is 0 Å². The maximum Gasteiger partial charge on any atom is 0.323 e. The molecule has 2 atom stereocenters. The maximum absolute atomic E-state index is 9.44. The van der Waals surface area contributed by atoms with Crippen LogP contribution in [0.2, 0.25) is 0 Å². The molecule has 0 aromatic rings. The standard InChI is InChI=1S/ClH.H4O5P2/c;1-6(2)5-7(3)4/h1H;6-7H,(H,1,2)(H,3,4). The quantitative estimate of drug-likeness (QED) is 0.596. The molecule has 0 fully saturated rings. The van der Waals surface area contributed by atoms with Gasteiger partial charge in [-0.2, -0.15) is 0 Å². The van der Waals surface area contributed by atoms with Crippen molar-refractivity contribution in [2.45, 2.75) is 0 Å². The highest BCUT2D eigenvalue weighted by molar-refractivity contribution is 7.46. The molecule has 0 spiro atoms. The minimum Gasteiger partial charge on any atom is -0.326 e. The molecule has 2 N–H and O–H groups in total. The van der Waals surface area contributed by atoms with Crippen molar-refractivity contribution in [3.63, 3.8) is 0 Å². The van der Waals surface area contributed by atoms with Crippen LogP contribution in [0.1, 0.15) is 0 Å². The second kappa shape index (κ2) is 5.76. The zero-order chi connectivity index (χ0) is 5.86. The fourth-order valence-corrected chi connectivity index (χ4v) is 0.672. The van der Waals surface area contributed by atoms with Crippen LogP contribution in [0.5, 0.6) is 0 Å². The van der Waals surface area contributed by atoms with E-state index in [1.54, 1.807) is 0 Å². The summed E-state index contributed by atoms with van der Waals surface area (Å²) in [6.07, 6.45) is 0. The SMILES string of the molecule is Cl.O=[PH](O)O[PH](=O)O. The summed E-state index contributed by atoms with van der Waals surface area (Å²) >= 11 is 0. The van der Waals surface area contributed by atoms with Gasteiger partial charge in [0, 0.05) is 0 Å². The molecule has 0 heterocycles. The first-order chi connectivity index (χ1) is 3.13. The van der Waals surface area contributed by atoms with Crippen molar-refractivity contribution in [3.05, 3.63) is 0 Å². The lowest BCUT2D eigenvalue weighted by atomic mass is 15.8. The van der Waals surface area contributed by atoms with E-state index in [9.17, 15) is 9.13 Å². The van der Waals surface area contributed by atoms with Crippen LogP contribution in [0, 0.1) is 0 Å². The van der Waals surface area contributed by atoms with Gasteiger partial charge in [-0.1, -0.05) is 0 Å². The lowest BCUT2D eigenvalue weighted by molar-refractivity contribution is 0.371. The Hall–Kier alpha value is 0.630. The average Bonchev–Trinajstić information content (AvgIpc) is 1.27. The van der Waals surface area contributed by atoms with Gasteiger partial charge in [-0.05, 0) is 0 Å². The van der Waals surface area contributed by atoms with Crippen molar-refractivity contribution >= 4 is 28.9 Å². The van der Waals surface area contributed by atoms with E-state index >= 15 is 0 Å². The summed E-state index contributed by atoms with van der Waals surface area (Å²) in [4.78, 5) is 15.4. The summed E-state index contributed by atoms with van der Waals surface area (Å²) in [6.45, 7) is 0. The molecule has 8 heavy (non-hydrogen) atoms. The molecule has 0 amide bonds. The Bertz CT molecular complexity index is 86.6. The number of hydrogen-bond acceptors (Lipinski definition) is 3. The summed E-state index contributed by atoms with van der Waals surface area (Å²) in [5.74, 6) is 0. The van der Waals surface area contributed by atoms with E-state index in [4.69, 9.17) is 9.79 Å². The first-order valence-corrected chi connectivity index (χ1v) is 3.79. The van der Waals surface area contributed by atoms with Crippen molar-refractivity contribution < 1.29 is 23.2 Å². The van der Waals surface area contributed by atoms with Crippen LogP contribution in [-0.2, 0) is 13.4 Å². The zero-order valence-corrected chi connectivity index (χ0v) is 6.34. The summed E-state index contributed by atoms with van der Waals surface area (Å²) < 4.78 is 22.3. The molecular weight excluding hydrogens is 177 g/mol. The van der Waals surface area contributed by atoms with Gasteiger partial charge < -0.3 is 9.79 Å². The van der Waals surface area contributed by atoms with Gasteiger partial charge in [0.05, 0.1) is 0 Å². The average molecular weight is 182 g/mol. The van der Waals surface area contributed by atoms with E-state index in [0.29, 0.717) is 0 Å². The van der Waals surface area contributed by atoms with Crippen LogP contribution in [0.15, 0.2) is 0 Å². The Balaban J connectivity index is 0. The van der Waals surface area contributed by atoms with Crippen LogP contribution >= 0.6 is 28.9 Å². The van der Waals surface area contributed by atoms with Gasteiger partial charge >= 0.3 is 16.5 Å². The van der Waals surface area contributed by atoms with Crippen molar-refractivity contribution in [1.29, 1.82) is 0 Å². The topological polar surface area (TPSA) is 83.8 Å². The van der Waals surface area contributed by atoms with Crippen molar-refractivity contribution in [2.24, 2.45) is 0 Å². The Labute approximate surface area is 53.0 Å². The Kier molecular flexibility index (Phi) is 8.23. The molecule has 0 aliphatic heterocycles. The van der Waals surface area contributed by atoms with E-state index in [2.05, 4.69) is 4.31 Å². The van der Waals surface area contributed by atoms with Gasteiger partial charge in [-0.25, -0.2) is 4.31 Å². The van der Waals surface area contributed by atoms with Crippen LogP contribution < -0.4 is 0 Å². The molecule has 52 valence electrons. The fourth-order valence-electron chi connectivity index (χ4n) is 0.0747. The summed E-state index contributed by atoms with van der Waals surface area (Å²) in [7, 11) is -6.40. The minimum atomic E-state index is -3.20. The number of hydrogen-bond donors (Lipinski definition) is 2. The van der Waals surface area contributed by atoms with Crippen LogP contribution in [0.4, 0.5) is 0 Å². The summed E-state index contributed by atoms with van der Waals surface area (Å²) in [5, 5.41) is 0. The molecule has 0 bridgehead atoms. The first-order valence-electron chi connectivity index (χ1n) is 1.26. The summed E-state index contributed by atoms with van der Waals surface area (Å²) in [5.41, 5.74) is 0. The van der Waals surface area contributed by atoms with Crippen molar-refractivity contribution in [1.82, 2.24) is 0 Å². The second-order valence-corrected chi connectivity index (χ2v) is 2.51. The van der Waals surface area contributed by atoms with E-state index < -0.39 is 16.5 Å². The number of halogens is 1. The van der Waals surface area contributed by atoms with Gasteiger partial charge in [-0.3, -0.25) is 9.13 Å². The Morgan fingerprint density at radius 1 is 1.12 bits per heavy atom. The lowest BCUT2D eigenvalue weighted by Crippen LogP contribution is -1.58. The van der Waals surface area contributed by atoms with Crippen LogP contribution in [-0.4, -0.2) is 9.79 Å². The number of rotatable bonds is 2. The minimum absolute atomic E-state index is 0. The molecule has 2 unspecified atom stereocenters. The molecule has 0 radical (unpaired) electrons. The highest BCUT2D eigenvalue weighted by Gasteiger charge is 1.93. The normalized spacial score (nSPS) is 16.2. The van der Waals surface area contributed by atoms with Gasteiger partial charge in [0.2, 0.25) is 0 Å². The molecule has 8 heteroatoms. The maximum atomic E-state index is 9.44. The molecule has 0 aromatic heterocycles. The molecule has 0 aromatic carbocycles. The molecule has 0 aliphatic rings. The largest absolute Gasteiger partial charge is 0.326 e. The first kappa shape index (κ1) is 11.4. The smallest absolute Gasteiger partial charge is 0.323 e. The molecule has 0 saturated carbocycles. The highest BCUT2D eigenvalue weighted by Crippen LogP contribution is 2.30. The lowest BCUT2D eigenvalue weighted by Gasteiger charge is -1.86. The Morgan fingerprint density at radius 3 is 1.38 bits per heavy atom. The third-order valence-corrected chi connectivity index (χ3v) is 1.57. The third kappa shape index (κ3) is 9.80. The predicted octanol–water partition coefficient (Wildman–Crippen LogP) is 0.189. The van der Waals surface area contributed by atoms with E-state index in [0.717, 1.165) is 0 Å². The molecule has 5 nitrogen and oxygen atoms in total. The van der Waals surface area contributed by atoms with E-state index in [1.165, 1.54) is 0 Å². The molecule has 0 saturated heterocycles. The van der Waals surface area contributed by atoms with Crippen LogP contribution in [0.25, 0.3) is 0 Å². The second-order valence-electron chi connectivity index (χ2n) is 0.634. The summed E-state index contributed by atoms with van der Waals surface area (Å²) in [6, 6.07) is 0. The van der Waals surface area contributed by atoms with E-state index in [1.807, 2.05) is 0 Å². The van der Waals surface area contributed by atoms with E-state index in [-0.39, 0.29) is 12.4 Å². The highest BCUT2D eigenvalue weighted by atomic mass is 35.5. The van der Waals surface area contributed by atoms with Crippen LogP contribution in [0.3, 0.4) is 0 Å². The fraction of sp³-hybridized carbons (Fsp3) is 0. The van der Waals surface area contributed by atoms with Crippen molar-refractivity contribution in [3.8, 4) is 0 Å².